The molecule has 11 heteroatoms. The molecule has 2 aromatic carbocycles. The van der Waals surface area contributed by atoms with Crippen molar-refractivity contribution in [2.45, 2.75) is 50.4 Å². The van der Waals surface area contributed by atoms with Gasteiger partial charge in [0.1, 0.15) is 23.4 Å². The number of rotatable bonds is 5. The second-order valence-electron chi connectivity index (χ2n) is 12.6. The van der Waals surface area contributed by atoms with Crippen LogP contribution in [0, 0.1) is 5.92 Å². The lowest BCUT2D eigenvalue weighted by Gasteiger charge is -2.36. The van der Waals surface area contributed by atoms with Crippen LogP contribution in [0.15, 0.2) is 67.0 Å². The van der Waals surface area contributed by atoms with Gasteiger partial charge in [-0.2, -0.15) is 0 Å². The van der Waals surface area contributed by atoms with Crippen molar-refractivity contribution in [3.05, 3.63) is 83.7 Å². The largest absolute Gasteiger partial charge is 0.493 e. The minimum Gasteiger partial charge on any atom is -0.493 e. The van der Waals surface area contributed by atoms with Crippen LogP contribution in [-0.4, -0.2) is 90.1 Å². The molecule has 0 unspecified atom stereocenters. The highest BCUT2D eigenvalue weighted by Gasteiger charge is 2.40. The van der Waals surface area contributed by atoms with Gasteiger partial charge in [0.25, 0.3) is 17.7 Å². The van der Waals surface area contributed by atoms with E-state index < -0.39 is 0 Å². The van der Waals surface area contributed by atoms with Crippen LogP contribution >= 0.6 is 0 Å². The molecule has 2 atom stereocenters. The molecule has 3 aromatic rings. The van der Waals surface area contributed by atoms with Crippen molar-refractivity contribution >= 4 is 17.7 Å². The van der Waals surface area contributed by atoms with Crippen molar-refractivity contribution in [1.29, 1.82) is 0 Å². The number of piperidine rings is 1. The van der Waals surface area contributed by atoms with Gasteiger partial charge in [-0.15, -0.1) is 0 Å². The topological polar surface area (TPSA) is 122 Å². The summed E-state index contributed by atoms with van der Waals surface area (Å²) < 4.78 is 18.3. The maximum Gasteiger partial charge on any atom is 0.258 e. The molecule has 1 saturated carbocycles. The normalized spacial score (nSPS) is 22.6. The van der Waals surface area contributed by atoms with E-state index in [0.717, 1.165) is 31.2 Å². The van der Waals surface area contributed by atoms with Crippen molar-refractivity contribution in [3.8, 4) is 17.2 Å². The highest BCUT2D eigenvalue weighted by molar-refractivity contribution is 5.95. The Morgan fingerprint density at radius 3 is 2.48 bits per heavy atom. The third-order valence-corrected chi connectivity index (χ3v) is 9.20. The van der Waals surface area contributed by atoms with Gasteiger partial charge in [0.15, 0.2) is 6.61 Å². The van der Waals surface area contributed by atoms with E-state index in [1.54, 1.807) is 42.7 Å². The summed E-state index contributed by atoms with van der Waals surface area (Å²) in [5, 5.41) is 6.12. The third-order valence-electron chi connectivity index (χ3n) is 9.20. The molecular weight excluding hydrogens is 586 g/mol. The zero-order chi connectivity index (χ0) is 31.5. The fourth-order valence-electron chi connectivity index (χ4n) is 6.35. The van der Waals surface area contributed by atoms with E-state index in [0.29, 0.717) is 73.6 Å². The first-order valence-electron chi connectivity index (χ1n) is 16.1. The maximum absolute atomic E-state index is 13.8. The number of hydrogen-bond acceptors (Lipinski definition) is 8. The minimum absolute atomic E-state index is 0.0305. The molecule has 5 heterocycles. The van der Waals surface area contributed by atoms with E-state index in [1.807, 2.05) is 29.2 Å². The minimum atomic E-state index is -0.285. The molecule has 1 aliphatic carbocycles. The van der Waals surface area contributed by atoms with Gasteiger partial charge in [0.05, 0.1) is 12.6 Å². The molecule has 11 nitrogen and oxygen atoms in total. The van der Waals surface area contributed by atoms with Crippen LogP contribution < -0.4 is 24.8 Å². The number of carbonyl (C=O) groups excluding carboxylic acids is 3. The van der Waals surface area contributed by atoms with Gasteiger partial charge < -0.3 is 29.7 Å². The monoisotopic (exact) mass is 625 g/mol. The number of likely N-dealkylation sites (tertiary alicyclic amines) is 2. The van der Waals surface area contributed by atoms with E-state index in [4.69, 9.17) is 14.2 Å². The quantitative estimate of drug-likeness (QED) is 0.444. The molecule has 3 amide bonds. The van der Waals surface area contributed by atoms with Gasteiger partial charge in [0.2, 0.25) is 0 Å². The van der Waals surface area contributed by atoms with Gasteiger partial charge in [-0.05, 0) is 73.6 Å². The SMILES string of the molecule is O=C1COc2cc(OCC3CC3)cc(c2)C(=O)N[C@H]2CN(C3CCN(C(=O)c4ccncc4)CC3)C[C@@H]2Oc2ccc(cc2)CN1. The van der Waals surface area contributed by atoms with Crippen molar-refractivity contribution < 1.29 is 28.6 Å². The van der Waals surface area contributed by atoms with Crippen LogP contribution in [0.5, 0.6) is 17.2 Å². The summed E-state index contributed by atoms with van der Waals surface area (Å²) in [5.41, 5.74) is 1.99. The van der Waals surface area contributed by atoms with Crippen LogP contribution in [0.4, 0.5) is 0 Å². The van der Waals surface area contributed by atoms with Gasteiger partial charge in [0, 0.05) is 68.4 Å². The highest BCUT2D eigenvalue weighted by Crippen LogP contribution is 2.31. The number of benzene rings is 2. The van der Waals surface area contributed by atoms with Crippen molar-refractivity contribution in [2.24, 2.45) is 5.92 Å². The Morgan fingerprint density at radius 2 is 1.72 bits per heavy atom. The van der Waals surface area contributed by atoms with Crippen molar-refractivity contribution in [2.75, 3.05) is 39.4 Å². The van der Waals surface area contributed by atoms with Gasteiger partial charge in [-0.3, -0.25) is 24.3 Å². The molecule has 2 saturated heterocycles. The second kappa shape index (κ2) is 13.4. The van der Waals surface area contributed by atoms with E-state index >= 15 is 0 Å². The number of ether oxygens (including phenoxy) is 3. The Labute approximate surface area is 268 Å². The molecule has 2 N–H and O–H groups in total. The second-order valence-corrected chi connectivity index (χ2v) is 12.6. The van der Waals surface area contributed by atoms with E-state index in [-0.39, 0.29) is 42.5 Å². The number of aromatic nitrogens is 1. The molecule has 4 bridgehead atoms. The van der Waals surface area contributed by atoms with Gasteiger partial charge in [-0.1, -0.05) is 12.1 Å². The van der Waals surface area contributed by atoms with Crippen LogP contribution in [0.25, 0.3) is 0 Å². The van der Waals surface area contributed by atoms with Crippen LogP contribution in [-0.2, 0) is 11.3 Å². The van der Waals surface area contributed by atoms with E-state index in [9.17, 15) is 14.4 Å². The number of nitrogens with one attached hydrogen (secondary N) is 2. The summed E-state index contributed by atoms with van der Waals surface area (Å²) in [6.07, 6.45) is 6.97. The molecule has 4 aliphatic heterocycles. The Kier molecular flexibility index (Phi) is 8.74. The third kappa shape index (κ3) is 7.25. The van der Waals surface area contributed by atoms with Crippen molar-refractivity contribution in [1.82, 2.24) is 25.4 Å². The maximum atomic E-state index is 13.8. The fraction of sp³-hybridized carbons (Fsp3) is 0.429. The lowest BCUT2D eigenvalue weighted by Crippen LogP contribution is -2.47. The van der Waals surface area contributed by atoms with Crippen molar-refractivity contribution in [3.63, 3.8) is 0 Å². The standard InChI is InChI=1S/C35H39N5O6/c41-33-22-45-30-16-26(15-29(17-30)44-21-24-1-2-24)34(42)38-31-19-40(20-32(31)46-28-5-3-23(4-6-28)18-37-33)27-9-13-39(14-10-27)35(43)25-7-11-36-12-8-25/h3-8,11-12,15-17,24,27,31-32H,1-2,9-10,13-14,18-22H2,(H,37,41)(H,38,42)/t31-,32-/m0/s1. The fourth-order valence-corrected chi connectivity index (χ4v) is 6.35. The zero-order valence-electron chi connectivity index (χ0n) is 25.7. The number of amides is 3. The lowest BCUT2D eigenvalue weighted by atomic mass is 10.0. The van der Waals surface area contributed by atoms with E-state index in [1.165, 1.54) is 0 Å². The smallest absolute Gasteiger partial charge is 0.258 e. The first-order valence-corrected chi connectivity index (χ1v) is 16.1. The zero-order valence-corrected chi connectivity index (χ0v) is 25.7. The molecular formula is C35H39N5O6. The molecule has 46 heavy (non-hydrogen) atoms. The Morgan fingerprint density at radius 1 is 0.935 bits per heavy atom. The van der Waals surface area contributed by atoms with Crippen LogP contribution in [0.1, 0.15) is 52.0 Å². The van der Waals surface area contributed by atoms with Crippen LogP contribution in [0.2, 0.25) is 0 Å². The molecule has 5 aliphatic rings. The molecule has 8 rings (SSSR count). The lowest BCUT2D eigenvalue weighted by molar-refractivity contribution is -0.123. The summed E-state index contributed by atoms with van der Waals surface area (Å²) >= 11 is 0. The first kappa shape index (κ1) is 30.0. The molecule has 240 valence electrons. The Bertz CT molecular complexity index is 1560. The number of fused-ring (bicyclic) bond motifs is 7. The Balaban J connectivity index is 1.09. The predicted molar refractivity (Wildman–Crippen MR) is 169 cm³/mol. The molecule has 3 fully saturated rings. The Hall–Kier alpha value is -4.64. The van der Waals surface area contributed by atoms with E-state index in [2.05, 4.69) is 20.5 Å². The van der Waals surface area contributed by atoms with Gasteiger partial charge >= 0.3 is 0 Å². The summed E-state index contributed by atoms with van der Waals surface area (Å²) in [4.78, 5) is 47.6. The average Bonchev–Trinajstić information content (AvgIpc) is 3.85. The molecule has 0 radical (unpaired) electrons. The predicted octanol–water partition coefficient (Wildman–Crippen LogP) is 3.05. The van der Waals surface area contributed by atoms with Gasteiger partial charge in [-0.25, -0.2) is 0 Å². The first-order chi connectivity index (χ1) is 22.5. The number of hydrogen-bond donors (Lipinski definition) is 2. The number of nitrogens with zero attached hydrogens (tertiary/aromatic N) is 3. The summed E-state index contributed by atoms with van der Waals surface area (Å²) in [6, 6.07) is 16.3. The summed E-state index contributed by atoms with van der Waals surface area (Å²) in [6.45, 7) is 3.37. The summed E-state index contributed by atoms with van der Waals surface area (Å²) in [7, 11) is 0. The number of carbonyl (C=O) groups is 3. The molecule has 1 aromatic heterocycles. The summed E-state index contributed by atoms with van der Waals surface area (Å²) in [5.74, 6) is 1.69. The average molecular weight is 626 g/mol. The highest BCUT2D eigenvalue weighted by atomic mass is 16.5. The number of pyridine rings is 1. The molecule has 0 spiro atoms. The van der Waals surface area contributed by atoms with Crippen LogP contribution in [0.3, 0.4) is 0 Å².